The van der Waals surface area contributed by atoms with Crippen LogP contribution < -0.4 is 4.74 Å². The van der Waals surface area contributed by atoms with Gasteiger partial charge in [0.1, 0.15) is 17.5 Å². The van der Waals surface area contributed by atoms with Gasteiger partial charge < -0.3 is 19.9 Å². The van der Waals surface area contributed by atoms with E-state index < -0.39 is 11.9 Å². The molecule has 6 nitrogen and oxygen atoms in total. The first-order valence-electron chi connectivity index (χ1n) is 8.46. The lowest BCUT2D eigenvalue weighted by Gasteiger charge is -2.14. The molecule has 3 N–H and O–H groups in total. The number of rotatable bonds is 7. The Kier molecular flexibility index (Phi) is 5.26. The predicted molar refractivity (Wildman–Crippen MR) is 100 cm³/mol. The highest BCUT2D eigenvalue weighted by molar-refractivity contribution is 6.05. The third kappa shape index (κ3) is 4.00. The first-order valence-corrected chi connectivity index (χ1v) is 8.46. The van der Waals surface area contributed by atoms with E-state index in [1.807, 2.05) is 25.1 Å². The monoisotopic (exact) mass is 365 g/mol. The van der Waals surface area contributed by atoms with Crippen LogP contribution >= 0.6 is 0 Å². The number of carboxylic acids is 2. The molecular weight excluding hydrogens is 346 g/mol. The minimum atomic E-state index is -1.21. The summed E-state index contributed by atoms with van der Waals surface area (Å²) in [4.78, 5) is 26.4. The van der Waals surface area contributed by atoms with Gasteiger partial charge in [-0.05, 0) is 24.6 Å². The number of ether oxygens (including phenoxy) is 1. The molecule has 138 valence electrons. The molecule has 1 heterocycles. The number of carbonyl (C=O) groups is 2. The van der Waals surface area contributed by atoms with E-state index in [2.05, 4.69) is 4.98 Å². The van der Waals surface area contributed by atoms with Crippen molar-refractivity contribution in [1.29, 1.82) is 0 Å². The number of para-hydroxylation sites is 1. The summed E-state index contributed by atoms with van der Waals surface area (Å²) in [5, 5.41) is 19.3. The van der Waals surface area contributed by atoms with Crippen molar-refractivity contribution in [3.8, 4) is 16.9 Å². The number of H-pyrrole nitrogens is 1. The highest BCUT2D eigenvalue weighted by Crippen LogP contribution is 2.31. The molecule has 27 heavy (non-hydrogen) atoms. The number of aromatic carboxylic acids is 2. The van der Waals surface area contributed by atoms with Crippen molar-refractivity contribution >= 4 is 11.9 Å². The van der Waals surface area contributed by atoms with Crippen molar-refractivity contribution in [2.24, 2.45) is 0 Å². The third-order valence-electron chi connectivity index (χ3n) is 4.14. The Morgan fingerprint density at radius 1 is 0.963 bits per heavy atom. The SMILES string of the molecule is CC(Cc1[nH]c(C(=O)O)c(-c2ccccc2)c1C(=O)O)Oc1ccccc1. The van der Waals surface area contributed by atoms with Crippen LogP contribution in [0.4, 0.5) is 0 Å². The van der Waals surface area contributed by atoms with Crippen LogP contribution in [0.2, 0.25) is 0 Å². The first-order chi connectivity index (χ1) is 13.0. The molecule has 0 bridgehead atoms. The molecule has 6 heteroatoms. The van der Waals surface area contributed by atoms with E-state index in [0.29, 0.717) is 17.0 Å². The van der Waals surface area contributed by atoms with Crippen LogP contribution in [0.25, 0.3) is 11.1 Å². The molecule has 0 spiro atoms. The maximum absolute atomic E-state index is 11.9. The van der Waals surface area contributed by atoms with Crippen molar-refractivity contribution in [2.45, 2.75) is 19.4 Å². The fraction of sp³-hybridized carbons (Fsp3) is 0.143. The topological polar surface area (TPSA) is 99.6 Å². The smallest absolute Gasteiger partial charge is 0.352 e. The van der Waals surface area contributed by atoms with Crippen molar-refractivity contribution in [1.82, 2.24) is 4.98 Å². The minimum Gasteiger partial charge on any atom is -0.490 e. The van der Waals surface area contributed by atoms with Gasteiger partial charge in [-0.25, -0.2) is 9.59 Å². The van der Waals surface area contributed by atoms with E-state index in [0.717, 1.165) is 0 Å². The van der Waals surface area contributed by atoms with Crippen LogP contribution in [0.15, 0.2) is 60.7 Å². The van der Waals surface area contributed by atoms with Crippen LogP contribution in [-0.2, 0) is 6.42 Å². The highest BCUT2D eigenvalue weighted by Gasteiger charge is 2.28. The largest absolute Gasteiger partial charge is 0.490 e. The zero-order valence-corrected chi connectivity index (χ0v) is 14.7. The zero-order chi connectivity index (χ0) is 19.4. The molecule has 0 amide bonds. The average Bonchev–Trinajstić information content (AvgIpc) is 3.03. The number of benzene rings is 2. The van der Waals surface area contributed by atoms with Gasteiger partial charge in [-0.15, -0.1) is 0 Å². The van der Waals surface area contributed by atoms with Gasteiger partial charge in [0.15, 0.2) is 0 Å². The molecule has 0 saturated carbocycles. The summed E-state index contributed by atoms with van der Waals surface area (Å²) in [6.45, 7) is 1.81. The van der Waals surface area contributed by atoms with Gasteiger partial charge in [-0.1, -0.05) is 48.5 Å². The normalized spacial score (nSPS) is 11.7. The molecule has 0 aliphatic rings. The van der Waals surface area contributed by atoms with Crippen LogP contribution in [0.5, 0.6) is 5.75 Å². The number of aromatic nitrogens is 1. The Labute approximate surface area is 156 Å². The summed E-state index contributed by atoms with van der Waals surface area (Å²) >= 11 is 0. The second kappa shape index (κ2) is 7.78. The molecule has 0 radical (unpaired) electrons. The Hall–Kier alpha value is -3.54. The van der Waals surface area contributed by atoms with E-state index >= 15 is 0 Å². The van der Waals surface area contributed by atoms with Crippen LogP contribution in [0.3, 0.4) is 0 Å². The quantitative estimate of drug-likeness (QED) is 0.586. The molecule has 0 saturated heterocycles. The Morgan fingerprint density at radius 2 is 1.56 bits per heavy atom. The second-order valence-corrected chi connectivity index (χ2v) is 6.15. The van der Waals surface area contributed by atoms with Gasteiger partial charge in [0, 0.05) is 17.7 Å². The fourth-order valence-electron chi connectivity index (χ4n) is 3.06. The van der Waals surface area contributed by atoms with Gasteiger partial charge in [0.25, 0.3) is 0 Å². The van der Waals surface area contributed by atoms with E-state index in [-0.39, 0.29) is 29.3 Å². The van der Waals surface area contributed by atoms with Crippen LogP contribution in [-0.4, -0.2) is 33.2 Å². The van der Waals surface area contributed by atoms with Crippen LogP contribution in [0.1, 0.15) is 33.5 Å². The Balaban J connectivity index is 2.00. The molecule has 1 aromatic heterocycles. The van der Waals surface area contributed by atoms with Gasteiger partial charge in [0.2, 0.25) is 0 Å². The van der Waals surface area contributed by atoms with E-state index in [1.165, 1.54) is 0 Å². The van der Waals surface area contributed by atoms with Gasteiger partial charge in [-0.3, -0.25) is 0 Å². The molecular formula is C21H19NO5. The fourth-order valence-corrected chi connectivity index (χ4v) is 3.06. The Morgan fingerprint density at radius 3 is 2.11 bits per heavy atom. The highest BCUT2D eigenvalue weighted by atomic mass is 16.5. The van der Waals surface area contributed by atoms with Crippen molar-refractivity contribution < 1.29 is 24.5 Å². The summed E-state index contributed by atoms with van der Waals surface area (Å²) in [5.74, 6) is -1.73. The maximum Gasteiger partial charge on any atom is 0.352 e. The van der Waals surface area contributed by atoms with Gasteiger partial charge in [-0.2, -0.15) is 0 Å². The predicted octanol–water partition coefficient (Wildman–Crippen LogP) is 4.09. The summed E-state index contributed by atoms with van der Waals surface area (Å²) in [6, 6.07) is 17.8. The molecule has 0 aliphatic carbocycles. The molecule has 3 aromatic rings. The molecule has 1 atom stereocenters. The zero-order valence-electron chi connectivity index (χ0n) is 14.7. The van der Waals surface area contributed by atoms with E-state index in [1.54, 1.807) is 42.5 Å². The summed E-state index contributed by atoms with van der Waals surface area (Å²) in [6.07, 6.45) is -0.127. The summed E-state index contributed by atoms with van der Waals surface area (Å²) in [5.41, 5.74) is 0.855. The number of hydrogen-bond donors (Lipinski definition) is 3. The van der Waals surface area contributed by atoms with Crippen molar-refractivity contribution in [2.75, 3.05) is 0 Å². The Bertz CT molecular complexity index is 947. The summed E-state index contributed by atoms with van der Waals surface area (Å²) in [7, 11) is 0. The number of carboxylic acid groups (broad SMARTS) is 2. The van der Waals surface area contributed by atoms with Crippen LogP contribution in [0, 0.1) is 0 Å². The third-order valence-corrected chi connectivity index (χ3v) is 4.14. The van der Waals surface area contributed by atoms with Gasteiger partial charge >= 0.3 is 11.9 Å². The van der Waals surface area contributed by atoms with Crippen molar-refractivity contribution in [3.05, 3.63) is 77.6 Å². The molecule has 1 unspecified atom stereocenters. The van der Waals surface area contributed by atoms with E-state index in [4.69, 9.17) is 4.74 Å². The lowest BCUT2D eigenvalue weighted by atomic mass is 9.98. The minimum absolute atomic E-state index is 0.0397. The van der Waals surface area contributed by atoms with Gasteiger partial charge in [0.05, 0.1) is 5.56 Å². The number of nitrogens with one attached hydrogen (secondary N) is 1. The van der Waals surface area contributed by atoms with Crippen molar-refractivity contribution in [3.63, 3.8) is 0 Å². The summed E-state index contributed by atoms with van der Waals surface area (Å²) < 4.78 is 5.81. The molecule has 3 rings (SSSR count). The molecule has 0 aliphatic heterocycles. The number of hydrogen-bond acceptors (Lipinski definition) is 3. The second-order valence-electron chi connectivity index (χ2n) is 6.15. The lowest BCUT2D eigenvalue weighted by Crippen LogP contribution is -2.17. The molecule has 2 aromatic carbocycles. The first kappa shape index (κ1) is 18.3. The average molecular weight is 365 g/mol. The number of aromatic amines is 1. The van der Waals surface area contributed by atoms with E-state index in [9.17, 15) is 19.8 Å². The lowest BCUT2D eigenvalue weighted by molar-refractivity contribution is 0.0686. The maximum atomic E-state index is 11.9. The standard InChI is InChI=1S/C21H19NO5/c1-13(27-15-10-6-3-7-11-15)12-16-18(20(23)24)17(19(22-16)21(25)26)14-8-4-2-5-9-14/h2-11,13,22H,12H2,1H3,(H,23,24)(H,25,26). The molecule has 0 fully saturated rings.